The Morgan fingerprint density at radius 2 is 2.26 bits per heavy atom. The Bertz CT molecular complexity index is 579. The minimum Gasteiger partial charge on any atom is -0.454 e. The van der Waals surface area contributed by atoms with Gasteiger partial charge < -0.3 is 10.2 Å². The molecule has 3 rings (SSSR count). The normalized spacial score (nSPS) is 22.2. The fourth-order valence-electron chi connectivity index (χ4n) is 2.34. The Labute approximate surface area is 116 Å². The number of carbonyl (C=O) groups excluding carboxylic acids is 1. The lowest BCUT2D eigenvalue weighted by molar-refractivity contribution is -0.139. The van der Waals surface area contributed by atoms with Gasteiger partial charge in [-0.3, -0.25) is 0 Å². The van der Waals surface area contributed by atoms with E-state index in [2.05, 4.69) is 17.4 Å². The molecule has 5 heteroatoms. The fraction of sp³-hybridized carbons (Fsp3) is 0.214. The van der Waals surface area contributed by atoms with Crippen LogP contribution in [0.4, 0.5) is 0 Å². The van der Waals surface area contributed by atoms with Crippen LogP contribution in [0.25, 0.3) is 5.57 Å². The number of hydrazine groups is 1. The third kappa shape index (κ3) is 2.25. The van der Waals surface area contributed by atoms with Crippen LogP contribution >= 0.6 is 11.6 Å². The maximum Gasteiger partial charge on any atom is 0.334 e. The molecule has 0 bridgehead atoms. The molecule has 0 aliphatic carbocycles. The van der Waals surface area contributed by atoms with Gasteiger partial charge in [-0.2, -0.15) is 0 Å². The molecule has 1 atom stereocenters. The van der Waals surface area contributed by atoms with Crippen molar-refractivity contribution in [3.8, 4) is 0 Å². The van der Waals surface area contributed by atoms with Crippen molar-refractivity contribution in [2.24, 2.45) is 0 Å². The maximum atomic E-state index is 11.5. The van der Waals surface area contributed by atoms with Crippen molar-refractivity contribution in [1.29, 1.82) is 0 Å². The van der Waals surface area contributed by atoms with Gasteiger partial charge in [-0.15, -0.1) is 0 Å². The second-order valence-electron chi connectivity index (χ2n) is 4.60. The van der Waals surface area contributed by atoms with Crippen LogP contribution in [0.3, 0.4) is 0 Å². The van der Waals surface area contributed by atoms with Crippen LogP contribution in [-0.2, 0) is 9.53 Å². The van der Waals surface area contributed by atoms with Gasteiger partial charge in [-0.25, -0.2) is 10.2 Å². The van der Waals surface area contributed by atoms with Crippen LogP contribution in [-0.4, -0.2) is 12.5 Å². The van der Waals surface area contributed by atoms with Crippen LogP contribution < -0.4 is 10.9 Å². The van der Waals surface area contributed by atoms with Gasteiger partial charge in [0.05, 0.1) is 0 Å². The molecule has 1 unspecified atom stereocenters. The molecule has 0 saturated carbocycles. The molecule has 1 saturated heterocycles. The number of halogens is 1. The zero-order valence-electron chi connectivity index (χ0n) is 10.2. The molecule has 2 N–H and O–H groups in total. The van der Waals surface area contributed by atoms with Crippen LogP contribution in [0.5, 0.6) is 0 Å². The van der Waals surface area contributed by atoms with Gasteiger partial charge in [-0.05, 0) is 23.3 Å². The summed E-state index contributed by atoms with van der Waals surface area (Å²) < 4.78 is 5.35. The molecule has 0 amide bonds. The van der Waals surface area contributed by atoms with Crippen molar-refractivity contribution in [2.75, 3.05) is 6.54 Å². The predicted octanol–water partition coefficient (Wildman–Crippen LogP) is 2.33. The smallest absolute Gasteiger partial charge is 0.334 e. The molecule has 4 nitrogen and oxygen atoms in total. The lowest BCUT2D eigenvalue weighted by atomic mass is 9.95. The molecule has 0 radical (unpaired) electrons. The Morgan fingerprint density at radius 1 is 1.42 bits per heavy atom. The molecule has 0 spiro atoms. The van der Waals surface area contributed by atoms with Crippen molar-refractivity contribution in [1.82, 2.24) is 10.9 Å². The minimum atomic E-state index is -0.326. The third-order valence-corrected chi connectivity index (χ3v) is 3.54. The highest BCUT2D eigenvalue weighted by molar-refractivity contribution is 6.30. The quantitative estimate of drug-likeness (QED) is 0.643. The second kappa shape index (κ2) is 4.72. The van der Waals surface area contributed by atoms with E-state index in [1.165, 1.54) is 0 Å². The van der Waals surface area contributed by atoms with Gasteiger partial charge in [0.15, 0.2) is 0 Å². The van der Waals surface area contributed by atoms with Crippen LogP contribution in [0.15, 0.2) is 36.6 Å². The largest absolute Gasteiger partial charge is 0.454 e. The van der Waals surface area contributed by atoms with E-state index < -0.39 is 0 Å². The molecule has 1 fully saturated rings. The molecule has 1 aromatic carbocycles. The summed E-state index contributed by atoms with van der Waals surface area (Å²) >= 11 is 6.06. The first-order valence-electron chi connectivity index (χ1n) is 6.01. The van der Waals surface area contributed by atoms with Crippen molar-refractivity contribution in [3.05, 3.63) is 52.7 Å². The van der Waals surface area contributed by atoms with Gasteiger partial charge in [0.1, 0.15) is 6.10 Å². The Morgan fingerprint density at radius 3 is 2.89 bits per heavy atom. The Hall–Kier alpha value is -1.78. The first kappa shape index (κ1) is 12.3. The number of hydrogen-bond donors (Lipinski definition) is 2. The zero-order valence-corrected chi connectivity index (χ0v) is 11.0. The predicted molar refractivity (Wildman–Crippen MR) is 73.2 cm³/mol. The number of rotatable bonds is 2. The van der Waals surface area contributed by atoms with Crippen molar-refractivity contribution in [3.63, 3.8) is 0 Å². The standard InChI is InChI=1S/C14H13ClN2O2/c1-8-4-13(19-14(8)18)12-5-10(15)2-3-11(12)9-6-16-17-7-9/h2-3,5-6,13,16-17H,1,4,7H2. The van der Waals surface area contributed by atoms with Crippen LogP contribution in [0.2, 0.25) is 5.02 Å². The van der Waals surface area contributed by atoms with E-state index in [1.807, 2.05) is 24.4 Å². The lowest BCUT2D eigenvalue weighted by Crippen LogP contribution is -2.20. The van der Waals surface area contributed by atoms with Gasteiger partial charge in [0, 0.05) is 35.3 Å². The van der Waals surface area contributed by atoms with E-state index in [9.17, 15) is 4.79 Å². The summed E-state index contributed by atoms with van der Waals surface area (Å²) in [4.78, 5) is 11.5. The molecular formula is C14H13ClN2O2. The van der Waals surface area contributed by atoms with Gasteiger partial charge >= 0.3 is 5.97 Å². The highest BCUT2D eigenvalue weighted by Crippen LogP contribution is 2.37. The number of benzene rings is 1. The maximum absolute atomic E-state index is 11.5. The second-order valence-corrected chi connectivity index (χ2v) is 5.04. The van der Waals surface area contributed by atoms with E-state index in [1.54, 1.807) is 0 Å². The summed E-state index contributed by atoms with van der Waals surface area (Å²) in [5.41, 5.74) is 9.55. The average Bonchev–Trinajstić information content (AvgIpc) is 3.00. The number of cyclic esters (lactones) is 1. The fourth-order valence-corrected chi connectivity index (χ4v) is 2.52. The minimum absolute atomic E-state index is 0.296. The third-order valence-electron chi connectivity index (χ3n) is 3.30. The highest BCUT2D eigenvalue weighted by Gasteiger charge is 2.31. The van der Waals surface area contributed by atoms with E-state index in [4.69, 9.17) is 16.3 Å². The van der Waals surface area contributed by atoms with E-state index in [-0.39, 0.29) is 12.1 Å². The molecule has 98 valence electrons. The van der Waals surface area contributed by atoms with Crippen molar-refractivity contribution >= 4 is 23.1 Å². The zero-order chi connectivity index (χ0) is 13.4. The SMILES string of the molecule is C=C1CC(c2cc(Cl)ccc2C2=CNNC2)OC1=O. The van der Waals surface area contributed by atoms with E-state index >= 15 is 0 Å². The molecular weight excluding hydrogens is 264 g/mol. The molecule has 2 aliphatic rings. The Balaban J connectivity index is 2.02. The first-order valence-corrected chi connectivity index (χ1v) is 6.39. The molecule has 19 heavy (non-hydrogen) atoms. The van der Waals surface area contributed by atoms with Crippen LogP contribution in [0.1, 0.15) is 23.7 Å². The molecule has 0 aromatic heterocycles. The summed E-state index contributed by atoms with van der Waals surface area (Å²) in [7, 11) is 0. The topological polar surface area (TPSA) is 50.4 Å². The number of nitrogens with one attached hydrogen (secondary N) is 2. The summed E-state index contributed by atoms with van der Waals surface area (Å²) in [6.45, 7) is 4.43. The van der Waals surface area contributed by atoms with Gasteiger partial charge in [-0.1, -0.05) is 24.2 Å². The lowest BCUT2D eigenvalue weighted by Gasteiger charge is -2.15. The van der Waals surface area contributed by atoms with Gasteiger partial charge in [0.2, 0.25) is 0 Å². The summed E-state index contributed by atoms with van der Waals surface area (Å²) in [5.74, 6) is -0.326. The number of ether oxygens (including phenoxy) is 1. The van der Waals surface area contributed by atoms with Gasteiger partial charge in [0.25, 0.3) is 0 Å². The molecule has 1 aromatic rings. The van der Waals surface area contributed by atoms with Crippen LogP contribution in [0, 0.1) is 0 Å². The molecule has 2 aliphatic heterocycles. The summed E-state index contributed by atoms with van der Waals surface area (Å²) in [6, 6.07) is 5.64. The monoisotopic (exact) mass is 276 g/mol. The van der Waals surface area contributed by atoms with Crippen molar-refractivity contribution in [2.45, 2.75) is 12.5 Å². The van der Waals surface area contributed by atoms with E-state index in [0.29, 0.717) is 17.0 Å². The average molecular weight is 277 g/mol. The van der Waals surface area contributed by atoms with Crippen molar-refractivity contribution < 1.29 is 9.53 Å². The number of esters is 1. The summed E-state index contributed by atoms with van der Waals surface area (Å²) in [6.07, 6.45) is 2.12. The number of hydrogen-bond acceptors (Lipinski definition) is 4. The highest BCUT2D eigenvalue weighted by atomic mass is 35.5. The van der Waals surface area contributed by atoms with E-state index in [0.717, 1.165) is 23.2 Å². The number of carbonyl (C=O) groups is 1. The molecule has 2 heterocycles. The first-order chi connectivity index (χ1) is 9.15. The Kier molecular flexibility index (Phi) is 3.05. The summed E-state index contributed by atoms with van der Waals surface area (Å²) in [5, 5.41) is 0.631.